The molecule has 0 aromatic rings. The number of unbranched alkanes of at least 4 members (excludes halogenated alkanes) is 4. The van der Waals surface area contributed by atoms with Crippen LogP contribution in [0.3, 0.4) is 0 Å². The van der Waals surface area contributed by atoms with Crippen molar-refractivity contribution in [2.24, 2.45) is 5.92 Å². The SMILES string of the molecule is CC[C@H](C)CCCCCCCBr. The van der Waals surface area contributed by atoms with Crippen LogP contribution in [0.25, 0.3) is 0 Å². The van der Waals surface area contributed by atoms with E-state index in [1.54, 1.807) is 0 Å². The van der Waals surface area contributed by atoms with Crippen molar-refractivity contribution in [1.29, 1.82) is 0 Å². The summed E-state index contributed by atoms with van der Waals surface area (Å²) in [5.74, 6) is 0.946. The molecular weight excluding hydrogens is 212 g/mol. The van der Waals surface area contributed by atoms with Crippen LogP contribution < -0.4 is 0 Å². The number of hydrogen-bond donors (Lipinski definition) is 0. The molecule has 0 rings (SSSR count). The van der Waals surface area contributed by atoms with Crippen LogP contribution >= 0.6 is 15.9 Å². The monoisotopic (exact) mass is 234 g/mol. The van der Waals surface area contributed by atoms with E-state index in [9.17, 15) is 0 Å². The van der Waals surface area contributed by atoms with E-state index in [2.05, 4.69) is 29.8 Å². The molecule has 0 radical (unpaired) electrons. The van der Waals surface area contributed by atoms with E-state index >= 15 is 0 Å². The van der Waals surface area contributed by atoms with Gasteiger partial charge in [0.2, 0.25) is 0 Å². The summed E-state index contributed by atoms with van der Waals surface area (Å²) in [5.41, 5.74) is 0. The maximum atomic E-state index is 3.45. The molecule has 0 aliphatic rings. The fraction of sp³-hybridized carbons (Fsp3) is 1.00. The van der Waals surface area contributed by atoms with Crippen molar-refractivity contribution in [3.05, 3.63) is 0 Å². The molecule has 0 saturated heterocycles. The molecule has 0 saturated carbocycles. The molecule has 0 unspecified atom stereocenters. The fourth-order valence-corrected chi connectivity index (χ4v) is 1.72. The topological polar surface area (TPSA) is 0 Å². The van der Waals surface area contributed by atoms with Crippen molar-refractivity contribution < 1.29 is 0 Å². The van der Waals surface area contributed by atoms with Crippen molar-refractivity contribution in [2.45, 2.75) is 58.8 Å². The molecule has 1 atom stereocenters. The molecule has 74 valence electrons. The number of alkyl halides is 1. The Kier molecular flexibility index (Phi) is 9.95. The average molecular weight is 235 g/mol. The van der Waals surface area contributed by atoms with Crippen LogP contribution in [0, 0.1) is 5.92 Å². The largest absolute Gasteiger partial charge is 0.0928 e. The first-order valence-electron chi connectivity index (χ1n) is 5.37. The van der Waals surface area contributed by atoms with Gasteiger partial charge in [-0.15, -0.1) is 0 Å². The Morgan fingerprint density at radius 3 is 2.17 bits per heavy atom. The molecule has 0 amide bonds. The normalized spacial score (nSPS) is 13.2. The molecule has 12 heavy (non-hydrogen) atoms. The van der Waals surface area contributed by atoms with Crippen molar-refractivity contribution in [3.8, 4) is 0 Å². The third-order valence-corrected chi connectivity index (χ3v) is 3.09. The van der Waals surface area contributed by atoms with Crippen LogP contribution in [-0.4, -0.2) is 5.33 Å². The average Bonchev–Trinajstić information content (AvgIpc) is 2.10. The predicted octanol–water partition coefficient (Wildman–Crippen LogP) is 4.77. The Balaban J connectivity index is 2.90. The summed E-state index contributed by atoms with van der Waals surface area (Å²) in [5, 5.41) is 1.18. The first kappa shape index (κ1) is 12.5. The van der Waals surface area contributed by atoms with Gasteiger partial charge < -0.3 is 0 Å². The first-order valence-corrected chi connectivity index (χ1v) is 6.49. The number of halogens is 1. The van der Waals surface area contributed by atoms with Crippen LogP contribution in [0.1, 0.15) is 58.8 Å². The summed E-state index contributed by atoms with van der Waals surface area (Å²) < 4.78 is 0. The van der Waals surface area contributed by atoms with Gasteiger partial charge in [0, 0.05) is 5.33 Å². The Labute approximate surface area is 86.3 Å². The lowest BCUT2D eigenvalue weighted by molar-refractivity contribution is 0.474. The quantitative estimate of drug-likeness (QED) is 0.420. The first-order chi connectivity index (χ1) is 5.81. The van der Waals surface area contributed by atoms with Gasteiger partial charge in [0.1, 0.15) is 0 Å². The third kappa shape index (κ3) is 8.58. The molecule has 0 bridgehead atoms. The summed E-state index contributed by atoms with van der Waals surface area (Å²) in [6, 6.07) is 0. The standard InChI is InChI=1S/C11H23Br/c1-3-11(2)9-7-5-4-6-8-10-12/h11H,3-10H2,1-2H3/t11-/m0/s1. The van der Waals surface area contributed by atoms with Crippen LogP contribution in [-0.2, 0) is 0 Å². The molecule has 0 aliphatic heterocycles. The van der Waals surface area contributed by atoms with Crippen molar-refractivity contribution in [1.82, 2.24) is 0 Å². The highest BCUT2D eigenvalue weighted by Gasteiger charge is 1.97. The van der Waals surface area contributed by atoms with Gasteiger partial charge in [-0.2, -0.15) is 0 Å². The Hall–Kier alpha value is 0.480. The highest BCUT2D eigenvalue weighted by molar-refractivity contribution is 9.09. The highest BCUT2D eigenvalue weighted by Crippen LogP contribution is 2.13. The lowest BCUT2D eigenvalue weighted by Crippen LogP contribution is -1.91. The minimum atomic E-state index is 0.946. The summed E-state index contributed by atoms with van der Waals surface area (Å²) in [7, 11) is 0. The van der Waals surface area contributed by atoms with E-state index in [4.69, 9.17) is 0 Å². The van der Waals surface area contributed by atoms with Gasteiger partial charge in [-0.3, -0.25) is 0 Å². The Morgan fingerprint density at radius 1 is 1.00 bits per heavy atom. The maximum absolute atomic E-state index is 3.45. The molecule has 0 nitrogen and oxygen atoms in total. The molecule has 0 spiro atoms. The van der Waals surface area contributed by atoms with E-state index < -0.39 is 0 Å². The highest BCUT2D eigenvalue weighted by atomic mass is 79.9. The van der Waals surface area contributed by atoms with E-state index in [1.165, 1.54) is 50.3 Å². The van der Waals surface area contributed by atoms with E-state index in [0.29, 0.717) is 0 Å². The van der Waals surface area contributed by atoms with Gasteiger partial charge in [-0.25, -0.2) is 0 Å². The molecule has 0 aromatic carbocycles. The van der Waals surface area contributed by atoms with Gasteiger partial charge in [0.25, 0.3) is 0 Å². The van der Waals surface area contributed by atoms with Gasteiger partial charge in [0.05, 0.1) is 0 Å². The van der Waals surface area contributed by atoms with Gasteiger partial charge >= 0.3 is 0 Å². The second kappa shape index (κ2) is 9.57. The smallest absolute Gasteiger partial charge is 0.00313 e. The second-order valence-electron chi connectivity index (χ2n) is 3.76. The minimum absolute atomic E-state index is 0.946. The lowest BCUT2D eigenvalue weighted by atomic mass is 10.0. The van der Waals surface area contributed by atoms with Gasteiger partial charge in [-0.05, 0) is 12.3 Å². The summed E-state index contributed by atoms with van der Waals surface area (Å²) in [6.07, 6.45) is 9.86. The molecule has 0 fully saturated rings. The van der Waals surface area contributed by atoms with Crippen LogP contribution in [0.5, 0.6) is 0 Å². The zero-order valence-corrected chi connectivity index (χ0v) is 10.2. The Bertz CT molecular complexity index is 81.1. The zero-order chi connectivity index (χ0) is 9.23. The number of hydrogen-bond acceptors (Lipinski definition) is 0. The third-order valence-electron chi connectivity index (χ3n) is 2.53. The predicted molar refractivity (Wildman–Crippen MR) is 61.0 cm³/mol. The van der Waals surface area contributed by atoms with Gasteiger partial charge in [0.15, 0.2) is 0 Å². The minimum Gasteiger partial charge on any atom is -0.0928 e. The van der Waals surface area contributed by atoms with Crippen LogP contribution in [0.15, 0.2) is 0 Å². The second-order valence-corrected chi connectivity index (χ2v) is 4.55. The van der Waals surface area contributed by atoms with Crippen molar-refractivity contribution >= 4 is 15.9 Å². The Morgan fingerprint density at radius 2 is 1.58 bits per heavy atom. The van der Waals surface area contributed by atoms with Crippen LogP contribution in [0.2, 0.25) is 0 Å². The van der Waals surface area contributed by atoms with Crippen molar-refractivity contribution in [2.75, 3.05) is 5.33 Å². The van der Waals surface area contributed by atoms with Gasteiger partial charge in [-0.1, -0.05) is 68.3 Å². The molecular formula is C11H23Br. The van der Waals surface area contributed by atoms with E-state index in [0.717, 1.165) is 5.92 Å². The summed E-state index contributed by atoms with van der Waals surface area (Å²) in [6.45, 7) is 4.65. The molecule has 1 heteroatoms. The molecule has 0 aliphatic carbocycles. The molecule has 0 N–H and O–H groups in total. The molecule has 0 aromatic heterocycles. The fourth-order valence-electron chi connectivity index (χ4n) is 1.32. The van der Waals surface area contributed by atoms with Crippen molar-refractivity contribution in [3.63, 3.8) is 0 Å². The van der Waals surface area contributed by atoms with E-state index in [-0.39, 0.29) is 0 Å². The summed E-state index contributed by atoms with van der Waals surface area (Å²) in [4.78, 5) is 0. The number of rotatable bonds is 8. The molecule has 0 heterocycles. The summed E-state index contributed by atoms with van der Waals surface area (Å²) >= 11 is 3.45. The maximum Gasteiger partial charge on any atom is 0.00313 e. The van der Waals surface area contributed by atoms with Crippen LogP contribution in [0.4, 0.5) is 0 Å². The van der Waals surface area contributed by atoms with E-state index in [1.807, 2.05) is 0 Å². The zero-order valence-electron chi connectivity index (χ0n) is 8.61. The lowest BCUT2D eigenvalue weighted by Gasteiger charge is -2.06.